The maximum atomic E-state index is 14.0. The normalized spacial score (nSPS) is 14.5. The summed E-state index contributed by atoms with van der Waals surface area (Å²) in [6.45, 7) is 1.48. The fraction of sp³-hybridized carbons (Fsp3) is 0.212. The lowest BCUT2D eigenvalue weighted by Crippen LogP contribution is -2.53. The highest BCUT2D eigenvalue weighted by Gasteiger charge is 2.36. The molecule has 0 spiro atoms. The van der Waals surface area contributed by atoms with Crippen molar-refractivity contribution in [2.45, 2.75) is 30.9 Å². The summed E-state index contributed by atoms with van der Waals surface area (Å²) in [5, 5.41) is 3.57. The molecule has 228 valence electrons. The minimum absolute atomic E-state index is 0.0408. The Bertz CT molecular complexity index is 1750. The smallest absolute Gasteiger partial charge is 0.262 e. The Kier molecular flexibility index (Phi) is 9.90. The van der Waals surface area contributed by atoms with E-state index in [0.29, 0.717) is 35.0 Å². The first-order valence-electron chi connectivity index (χ1n) is 14.0. The van der Waals surface area contributed by atoms with Gasteiger partial charge in [0, 0.05) is 23.1 Å². The van der Waals surface area contributed by atoms with Crippen molar-refractivity contribution in [2.24, 2.45) is 0 Å². The van der Waals surface area contributed by atoms with Crippen LogP contribution >= 0.6 is 23.2 Å². The number of rotatable bonds is 10. The number of aryl methyl sites for hydroxylation is 1. The lowest BCUT2D eigenvalue weighted by atomic mass is 10.1. The highest BCUT2D eigenvalue weighted by Crippen LogP contribution is 2.34. The molecule has 11 heteroatoms. The summed E-state index contributed by atoms with van der Waals surface area (Å²) in [7, 11) is -4.14. The largest absolute Gasteiger partial charge is 0.477 e. The number of benzene rings is 4. The molecule has 1 heterocycles. The van der Waals surface area contributed by atoms with Crippen molar-refractivity contribution >= 4 is 50.7 Å². The second kappa shape index (κ2) is 13.8. The molecule has 8 nitrogen and oxygen atoms in total. The van der Waals surface area contributed by atoms with Gasteiger partial charge in [-0.3, -0.25) is 9.59 Å². The molecular weight excluding hydrogens is 621 g/mol. The van der Waals surface area contributed by atoms with Gasteiger partial charge in [0.2, 0.25) is 15.9 Å². The maximum Gasteiger partial charge on any atom is 0.262 e. The van der Waals surface area contributed by atoms with Crippen molar-refractivity contribution in [3.05, 3.63) is 124 Å². The van der Waals surface area contributed by atoms with Gasteiger partial charge in [-0.15, -0.1) is 0 Å². The van der Waals surface area contributed by atoms with Gasteiger partial charge >= 0.3 is 0 Å². The molecule has 44 heavy (non-hydrogen) atoms. The maximum absolute atomic E-state index is 14.0. The molecule has 0 fully saturated rings. The molecule has 0 saturated carbocycles. The number of halogens is 2. The number of carbonyl (C=O) groups excluding carboxylic acids is 2. The van der Waals surface area contributed by atoms with Gasteiger partial charge in [-0.25, -0.2) is 8.42 Å². The van der Waals surface area contributed by atoms with Crippen LogP contribution in [0.25, 0.3) is 0 Å². The molecule has 0 radical (unpaired) electrons. The zero-order valence-corrected chi connectivity index (χ0v) is 26.3. The van der Waals surface area contributed by atoms with Gasteiger partial charge in [-0.1, -0.05) is 89.4 Å². The highest BCUT2D eigenvalue weighted by molar-refractivity contribution is 7.89. The molecule has 0 aromatic heterocycles. The Labute approximate surface area is 267 Å². The number of nitrogens with one attached hydrogen (secondary N) is 1. The minimum Gasteiger partial charge on any atom is -0.477 e. The molecule has 0 saturated heterocycles. The standard InChI is InChI=1S/C33H31Cl2N3O5S/c1-23-11-15-27(16-12-23)44(41,42)37(20-25-13-14-26(34)19-28(25)35)22-32(39)38-21-31(43-30-10-6-5-9-29(30)38)33(40)36-18-17-24-7-3-2-4-8-24/h2-16,19,31H,17-18,20-22H2,1H3,(H,36,40)/t31-/m0/s1. The van der Waals surface area contributed by atoms with Crippen molar-refractivity contribution in [1.29, 1.82) is 0 Å². The van der Waals surface area contributed by atoms with E-state index >= 15 is 0 Å². The molecule has 0 aliphatic carbocycles. The lowest BCUT2D eigenvalue weighted by Gasteiger charge is -2.35. The zero-order chi connectivity index (χ0) is 31.3. The van der Waals surface area contributed by atoms with E-state index in [2.05, 4.69) is 5.32 Å². The molecule has 1 N–H and O–H groups in total. The number of hydrogen-bond donors (Lipinski definition) is 1. The fourth-order valence-electron chi connectivity index (χ4n) is 4.86. The van der Waals surface area contributed by atoms with Crippen molar-refractivity contribution in [3.8, 4) is 5.75 Å². The first-order chi connectivity index (χ1) is 21.1. The highest BCUT2D eigenvalue weighted by atomic mass is 35.5. The number of hydrogen-bond acceptors (Lipinski definition) is 5. The van der Waals surface area contributed by atoms with Gasteiger partial charge in [0.1, 0.15) is 5.75 Å². The third kappa shape index (κ3) is 7.42. The van der Waals surface area contributed by atoms with Gasteiger partial charge in [0.05, 0.1) is 23.7 Å². The van der Waals surface area contributed by atoms with Gasteiger partial charge in [0.15, 0.2) is 6.10 Å². The van der Waals surface area contributed by atoms with E-state index in [4.69, 9.17) is 27.9 Å². The number of amides is 2. The van der Waals surface area contributed by atoms with Crippen LogP contribution in [0.4, 0.5) is 5.69 Å². The Hall–Kier alpha value is -3.89. The molecule has 0 unspecified atom stereocenters. The van der Waals surface area contributed by atoms with E-state index in [-0.39, 0.29) is 28.9 Å². The minimum atomic E-state index is -4.14. The number of fused-ring (bicyclic) bond motifs is 1. The molecule has 4 aromatic rings. The van der Waals surface area contributed by atoms with Crippen molar-refractivity contribution in [1.82, 2.24) is 9.62 Å². The van der Waals surface area contributed by atoms with Crippen LogP contribution in [0.1, 0.15) is 16.7 Å². The van der Waals surface area contributed by atoms with Crippen LogP contribution in [0.2, 0.25) is 10.0 Å². The third-order valence-electron chi connectivity index (χ3n) is 7.26. The van der Waals surface area contributed by atoms with E-state index in [1.165, 1.54) is 23.1 Å². The average Bonchev–Trinajstić information content (AvgIpc) is 3.02. The van der Waals surface area contributed by atoms with E-state index in [9.17, 15) is 18.0 Å². The second-order valence-electron chi connectivity index (χ2n) is 10.4. The van der Waals surface area contributed by atoms with Crippen LogP contribution in [0, 0.1) is 6.92 Å². The Morgan fingerprint density at radius 3 is 2.39 bits per heavy atom. The fourth-order valence-corrected chi connectivity index (χ4v) is 6.69. The van der Waals surface area contributed by atoms with Crippen LogP contribution in [-0.4, -0.2) is 50.3 Å². The first kappa shape index (κ1) is 31.5. The Morgan fingerprint density at radius 1 is 0.955 bits per heavy atom. The number of para-hydroxylation sites is 2. The summed E-state index contributed by atoms with van der Waals surface area (Å²) >= 11 is 12.5. The van der Waals surface area contributed by atoms with Gasteiger partial charge in [-0.05, 0) is 60.9 Å². The summed E-state index contributed by atoms with van der Waals surface area (Å²) in [6, 6.07) is 27.8. The van der Waals surface area contributed by atoms with Crippen molar-refractivity contribution in [3.63, 3.8) is 0 Å². The summed E-state index contributed by atoms with van der Waals surface area (Å²) in [5.74, 6) is -0.544. The third-order valence-corrected chi connectivity index (χ3v) is 9.65. The van der Waals surface area contributed by atoms with Crippen LogP contribution < -0.4 is 15.0 Å². The summed E-state index contributed by atoms with van der Waals surface area (Å²) < 4.78 is 34.9. The molecule has 0 bridgehead atoms. The molecule has 1 aliphatic heterocycles. The van der Waals surface area contributed by atoms with Crippen LogP contribution in [-0.2, 0) is 32.6 Å². The van der Waals surface area contributed by atoms with Gasteiger partial charge in [0.25, 0.3) is 5.91 Å². The van der Waals surface area contributed by atoms with E-state index in [0.717, 1.165) is 15.4 Å². The van der Waals surface area contributed by atoms with E-state index < -0.39 is 28.6 Å². The number of ether oxygens (including phenoxy) is 1. The quantitative estimate of drug-likeness (QED) is 0.239. The molecule has 1 aliphatic rings. The SMILES string of the molecule is Cc1ccc(S(=O)(=O)N(CC(=O)N2C[C@@H](C(=O)NCCc3ccccc3)Oc3ccccc32)Cc2ccc(Cl)cc2Cl)cc1. The lowest BCUT2D eigenvalue weighted by molar-refractivity contribution is -0.128. The average molecular weight is 653 g/mol. The second-order valence-corrected chi connectivity index (χ2v) is 13.2. The number of sulfonamides is 1. The van der Waals surface area contributed by atoms with Crippen molar-refractivity contribution in [2.75, 3.05) is 24.5 Å². The topological polar surface area (TPSA) is 96.0 Å². The predicted octanol–water partition coefficient (Wildman–Crippen LogP) is 5.65. The number of carbonyl (C=O) groups is 2. The van der Waals surface area contributed by atoms with E-state index in [1.807, 2.05) is 37.3 Å². The Morgan fingerprint density at radius 2 is 1.66 bits per heavy atom. The van der Waals surface area contributed by atoms with Crippen LogP contribution in [0.15, 0.2) is 102 Å². The molecule has 2 amide bonds. The molecule has 4 aromatic carbocycles. The summed E-state index contributed by atoms with van der Waals surface area (Å²) in [4.78, 5) is 28.6. The Balaban J connectivity index is 1.39. The summed E-state index contributed by atoms with van der Waals surface area (Å²) in [5.41, 5.74) is 2.90. The van der Waals surface area contributed by atoms with Crippen LogP contribution in [0.3, 0.4) is 0 Å². The predicted molar refractivity (Wildman–Crippen MR) is 172 cm³/mol. The van der Waals surface area contributed by atoms with Crippen LogP contribution in [0.5, 0.6) is 5.75 Å². The molecular formula is C33H31Cl2N3O5S. The van der Waals surface area contributed by atoms with Gasteiger partial charge < -0.3 is 15.0 Å². The van der Waals surface area contributed by atoms with E-state index in [1.54, 1.807) is 48.5 Å². The molecule has 1 atom stereocenters. The zero-order valence-electron chi connectivity index (χ0n) is 24.0. The number of anilines is 1. The summed E-state index contributed by atoms with van der Waals surface area (Å²) in [6.07, 6.45) is -0.352. The van der Waals surface area contributed by atoms with Gasteiger partial charge in [-0.2, -0.15) is 4.31 Å². The molecule has 5 rings (SSSR count). The first-order valence-corrected chi connectivity index (χ1v) is 16.2. The van der Waals surface area contributed by atoms with Crippen molar-refractivity contribution < 1.29 is 22.7 Å². The monoisotopic (exact) mass is 651 g/mol. The number of nitrogens with zero attached hydrogens (tertiary/aromatic N) is 2.